The quantitative estimate of drug-likeness (QED) is 0.490. The van der Waals surface area contributed by atoms with Crippen LogP contribution in [0.5, 0.6) is 0 Å². The summed E-state index contributed by atoms with van der Waals surface area (Å²) in [6, 6.07) is 8.68. The maximum atomic E-state index is 14.6. The Bertz CT molecular complexity index is 1180. The van der Waals surface area contributed by atoms with Gasteiger partial charge in [-0.2, -0.15) is 13.2 Å². The minimum absolute atomic E-state index is 0.0235. The van der Waals surface area contributed by atoms with E-state index in [0.717, 1.165) is 12.1 Å². The van der Waals surface area contributed by atoms with Gasteiger partial charge in [0.05, 0.1) is 19.2 Å². The van der Waals surface area contributed by atoms with Gasteiger partial charge < -0.3 is 11.1 Å². The third-order valence-corrected chi connectivity index (χ3v) is 8.71. The van der Waals surface area contributed by atoms with Crippen LogP contribution in [-0.2, 0) is 27.6 Å². The second-order valence-corrected chi connectivity index (χ2v) is 11.2. The molecular weight excluding hydrogens is 514 g/mol. The number of hydrogen-bond donors (Lipinski definition) is 2. The number of hydrogen-bond acceptors (Lipinski definition) is 3. The number of carbonyl (C=O) groups is 2. The van der Waals surface area contributed by atoms with E-state index >= 15 is 0 Å². The van der Waals surface area contributed by atoms with Crippen LogP contribution in [0.3, 0.4) is 0 Å². The van der Waals surface area contributed by atoms with Crippen molar-refractivity contribution in [1.29, 1.82) is 0 Å². The molecule has 0 radical (unpaired) electrons. The molecule has 1 aliphatic heterocycles. The number of nitrogens with one attached hydrogen (secondary N) is 1. The highest BCUT2D eigenvalue weighted by Gasteiger charge is 2.67. The molecular formula is C26H29Cl2F3N3O2+. The van der Waals surface area contributed by atoms with Crippen molar-refractivity contribution in [2.24, 2.45) is 5.73 Å². The Kier molecular flexibility index (Phi) is 6.96. The second-order valence-electron chi connectivity index (χ2n) is 10.3. The van der Waals surface area contributed by atoms with Crippen LogP contribution in [0.15, 0.2) is 42.5 Å². The summed E-state index contributed by atoms with van der Waals surface area (Å²) in [7, 11) is 1.73. The lowest BCUT2D eigenvalue weighted by Crippen LogP contribution is -2.74. The van der Waals surface area contributed by atoms with Crippen molar-refractivity contribution >= 4 is 35.0 Å². The summed E-state index contributed by atoms with van der Waals surface area (Å²) in [4.78, 5) is 27.6. The summed E-state index contributed by atoms with van der Waals surface area (Å²) in [5.41, 5.74) is 4.75. The highest BCUT2D eigenvalue weighted by Crippen LogP contribution is 2.55. The van der Waals surface area contributed by atoms with E-state index in [4.69, 9.17) is 28.9 Å². The Balaban J connectivity index is 1.78. The number of nitrogens with zero attached hydrogens (tertiary/aromatic N) is 1. The number of amides is 2. The van der Waals surface area contributed by atoms with E-state index < -0.39 is 34.6 Å². The van der Waals surface area contributed by atoms with Gasteiger partial charge in [0.2, 0.25) is 0 Å². The van der Waals surface area contributed by atoms with Gasteiger partial charge in [0.25, 0.3) is 5.91 Å². The number of quaternary nitrogens is 1. The van der Waals surface area contributed by atoms with E-state index in [2.05, 4.69) is 5.32 Å². The van der Waals surface area contributed by atoms with Gasteiger partial charge in [0.1, 0.15) is 11.0 Å². The maximum absolute atomic E-state index is 14.6. The fraction of sp³-hybridized carbons (Fsp3) is 0.462. The van der Waals surface area contributed by atoms with Gasteiger partial charge in [-0.1, -0.05) is 41.4 Å². The lowest BCUT2D eigenvalue weighted by atomic mass is 9.84. The standard InChI is InChI=1S/C26H28Cl2F3N3O2/c1-24(11-12-33-15-24)34(2,23(36)25(9-10-25)19-8-7-18(27)14-20(19)28)21(22(32)35)13-16-3-5-17(6-4-16)26(29,30)31/h3-8,14,21,33H,9-13,15H2,1-2H3,(H-,32,35)/p+1/t21-,24+,34?/m0/s1. The molecule has 2 amide bonds. The van der Waals surface area contributed by atoms with Crippen LogP contribution >= 0.6 is 23.2 Å². The van der Waals surface area contributed by atoms with Crippen molar-refractivity contribution in [2.45, 2.75) is 55.8 Å². The predicted octanol–water partition coefficient (Wildman–Crippen LogP) is 4.87. The zero-order valence-electron chi connectivity index (χ0n) is 20.1. The van der Waals surface area contributed by atoms with Crippen LogP contribution in [0.1, 0.15) is 42.9 Å². The summed E-state index contributed by atoms with van der Waals surface area (Å²) in [6.07, 6.45) is -2.69. The highest BCUT2D eigenvalue weighted by molar-refractivity contribution is 6.35. The van der Waals surface area contributed by atoms with Crippen molar-refractivity contribution < 1.29 is 27.2 Å². The number of alkyl halides is 3. The Labute approximate surface area is 218 Å². The van der Waals surface area contributed by atoms with E-state index in [1.807, 2.05) is 6.92 Å². The SMILES string of the molecule is C[C@@]1([N+](C)(C(=O)C2(c3ccc(Cl)cc3Cl)CC2)[C@@H](Cc2ccc(C(F)(F)F)cc2)C(N)=O)CCNC1. The molecule has 1 saturated heterocycles. The number of benzene rings is 2. The van der Waals surface area contributed by atoms with Gasteiger partial charge in [0.15, 0.2) is 6.04 Å². The maximum Gasteiger partial charge on any atom is 0.416 e. The summed E-state index contributed by atoms with van der Waals surface area (Å²) in [5, 5.41) is 4.13. The first-order chi connectivity index (χ1) is 16.7. The average Bonchev–Trinajstić information content (AvgIpc) is 3.48. The van der Waals surface area contributed by atoms with Gasteiger partial charge in [-0.3, -0.25) is 4.79 Å². The molecule has 0 aromatic heterocycles. The van der Waals surface area contributed by atoms with Gasteiger partial charge in [-0.25, -0.2) is 9.28 Å². The molecule has 36 heavy (non-hydrogen) atoms. The zero-order chi connectivity index (χ0) is 26.5. The Morgan fingerprint density at radius 3 is 2.22 bits per heavy atom. The minimum atomic E-state index is -4.47. The van der Waals surface area contributed by atoms with Crippen molar-refractivity contribution in [1.82, 2.24) is 5.32 Å². The monoisotopic (exact) mass is 542 g/mol. The highest BCUT2D eigenvalue weighted by atomic mass is 35.5. The van der Waals surface area contributed by atoms with Crippen LogP contribution in [0.25, 0.3) is 0 Å². The van der Waals surface area contributed by atoms with Gasteiger partial charge in [-0.15, -0.1) is 0 Å². The van der Waals surface area contributed by atoms with Crippen LogP contribution in [-0.4, -0.2) is 48.0 Å². The van der Waals surface area contributed by atoms with E-state index in [1.54, 1.807) is 25.2 Å². The Hall–Kier alpha value is -2.13. The third-order valence-electron chi connectivity index (χ3n) is 8.16. The first-order valence-electron chi connectivity index (χ1n) is 11.8. The molecule has 2 fully saturated rings. The molecule has 2 aromatic carbocycles. The van der Waals surface area contributed by atoms with Gasteiger partial charge >= 0.3 is 12.1 Å². The summed E-state index contributed by atoms with van der Waals surface area (Å²) >= 11 is 12.6. The van der Waals surface area contributed by atoms with Crippen LogP contribution < -0.4 is 11.1 Å². The lowest BCUT2D eigenvalue weighted by Gasteiger charge is -2.50. The molecule has 1 heterocycles. The molecule has 3 atom stereocenters. The topological polar surface area (TPSA) is 72.2 Å². The molecule has 4 rings (SSSR count). The van der Waals surface area contributed by atoms with Gasteiger partial charge in [-0.05, 0) is 55.2 Å². The number of nitrogens with two attached hydrogens (primary N) is 1. The fourth-order valence-corrected chi connectivity index (χ4v) is 6.19. The molecule has 1 unspecified atom stereocenters. The molecule has 2 aromatic rings. The first-order valence-corrected chi connectivity index (χ1v) is 12.5. The number of rotatable bonds is 7. The normalized spacial score (nSPS) is 23.6. The summed E-state index contributed by atoms with van der Waals surface area (Å²) in [6.45, 7) is 3.10. The van der Waals surface area contributed by atoms with Crippen LogP contribution in [0.4, 0.5) is 13.2 Å². The average molecular weight is 543 g/mol. The van der Waals surface area contributed by atoms with E-state index in [-0.39, 0.29) is 16.8 Å². The molecule has 0 spiro atoms. The number of carbonyl (C=O) groups excluding carboxylic acids is 2. The molecule has 3 N–H and O–H groups in total. The van der Waals surface area contributed by atoms with E-state index in [1.165, 1.54) is 12.1 Å². The lowest BCUT2D eigenvalue weighted by molar-refractivity contribution is -0.900. The molecule has 0 bridgehead atoms. The molecule has 1 aliphatic carbocycles. The van der Waals surface area contributed by atoms with Crippen molar-refractivity contribution in [3.63, 3.8) is 0 Å². The fourth-order valence-electron chi connectivity index (χ4n) is 5.60. The largest absolute Gasteiger partial charge is 0.416 e. The minimum Gasteiger partial charge on any atom is -0.364 e. The Morgan fingerprint density at radius 2 is 1.75 bits per heavy atom. The smallest absolute Gasteiger partial charge is 0.364 e. The first kappa shape index (κ1) is 26.9. The summed E-state index contributed by atoms with van der Waals surface area (Å²) < 4.78 is 38.9. The summed E-state index contributed by atoms with van der Waals surface area (Å²) in [5.74, 6) is -0.856. The van der Waals surface area contributed by atoms with Gasteiger partial charge in [0, 0.05) is 29.4 Å². The molecule has 1 saturated carbocycles. The molecule has 10 heteroatoms. The van der Waals surface area contributed by atoms with Crippen LogP contribution in [0, 0.1) is 0 Å². The second kappa shape index (κ2) is 9.31. The predicted molar refractivity (Wildman–Crippen MR) is 133 cm³/mol. The van der Waals surface area contributed by atoms with Crippen LogP contribution in [0.2, 0.25) is 10.0 Å². The van der Waals surface area contributed by atoms with Crippen molar-refractivity contribution in [2.75, 3.05) is 20.1 Å². The Morgan fingerprint density at radius 1 is 1.11 bits per heavy atom. The number of primary amides is 1. The number of halogens is 5. The molecule has 2 aliphatic rings. The van der Waals surface area contributed by atoms with Crippen molar-refractivity contribution in [3.05, 3.63) is 69.2 Å². The zero-order valence-corrected chi connectivity index (χ0v) is 21.6. The van der Waals surface area contributed by atoms with Crippen molar-refractivity contribution in [3.8, 4) is 0 Å². The van der Waals surface area contributed by atoms with E-state index in [0.29, 0.717) is 53.5 Å². The van der Waals surface area contributed by atoms with E-state index in [9.17, 15) is 22.8 Å². The third kappa shape index (κ3) is 4.53. The molecule has 194 valence electrons. The molecule has 5 nitrogen and oxygen atoms in total. The number of likely N-dealkylation sites (N-methyl/N-ethyl adjacent to an activating group) is 1.